The van der Waals surface area contributed by atoms with Gasteiger partial charge in [-0.3, -0.25) is 4.90 Å². The van der Waals surface area contributed by atoms with Gasteiger partial charge in [0.05, 0.1) is 0 Å². The van der Waals surface area contributed by atoms with Crippen molar-refractivity contribution in [3.05, 3.63) is 69.9 Å². The second-order valence-corrected chi connectivity index (χ2v) is 7.03. The van der Waals surface area contributed by atoms with E-state index in [0.717, 1.165) is 41.5 Å². The van der Waals surface area contributed by atoms with Crippen LogP contribution in [0.15, 0.2) is 48.2 Å². The van der Waals surface area contributed by atoms with Crippen LogP contribution in [0.25, 0.3) is 0 Å². The summed E-state index contributed by atoms with van der Waals surface area (Å²) in [4.78, 5) is 15.6. The molecule has 0 aliphatic carbocycles. The molecule has 0 saturated carbocycles. The Labute approximate surface area is 159 Å². The van der Waals surface area contributed by atoms with Gasteiger partial charge in [-0.25, -0.2) is 4.79 Å². The third-order valence-electron chi connectivity index (χ3n) is 4.61. The van der Waals surface area contributed by atoms with Crippen LogP contribution in [0.5, 0.6) is 5.75 Å². The first-order valence-corrected chi connectivity index (χ1v) is 9.09. The molecule has 1 aliphatic rings. The minimum absolute atomic E-state index is 0.338. The summed E-state index contributed by atoms with van der Waals surface area (Å²) in [6, 6.07) is 14.1. The van der Waals surface area contributed by atoms with Crippen molar-refractivity contribution in [2.75, 3.05) is 26.4 Å². The van der Waals surface area contributed by atoms with Gasteiger partial charge in [-0.2, -0.15) is 0 Å². The van der Waals surface area contributed by atoms with Gasteiger partial charge in [0.2, 0.25) is 0 Å². The molecule has 1 aliphatic heterocycles. The molecule has 4 nitrogen and oxygen atoms in total. The van der Waals surface area contributed by atoms with Gasteiger partial charge in [0.25, 0.3) is 0 Å². The molecule has 2 aromatic rings. The first kappa shape index (κ1) is 18.5. The van der Waals surface area contributed by atoms with Gasteiger partial charge in [-0.1, -0.05) is 41.9 Å². The number of carbonyl (C=O) groups excluding carboxylic acids is 1. The number of piperazine rings is 1. The zero-order valence-electron chi connectivity index (χ0n) is 15.2. The van der Waals surface area contributed by atoms with Crippen LogP contribution < -0.4 is 4.74 Å². The predicted molar refractivity (Wildman–Crippen MR) is 104 cm³/mol. The van der Waals surface area contributed by atoms with Crippen LogP contribution in [0, 0.1) is 13.8 Å². The van der Waals surface area contributed by atoms with E-state index in [9.17, 15) is 4.79 Å². The molecular formula is C21H23ClN2O2. The van der Waals surface area contributed by atoms with Crippen LogP contribution >= 0.6 is 11.6 Å². The molecule has 0 aromatic heterocycles. The molecule has 1 fully saturated rings. The van der Waals surface area contributed by atoms with Gasteiger partial charge in [-0.05, 0) is 42.7 Å². The van der Waals surface area contributed by atoms with Gasteiger partial charge >= 0.3 is 0 Å². The Morgan fingerprint density at radius 2 is 1.81 bits per heavy atom. The number of halogens is 1. The fraction of sp³-hybridized carbons (Fsp3) is 0.333. The summed E-state index contributed by atoms with van der Waals surface area (Å²) in [7, 11) is 0. The molecule has 2 aromatic carbocycles. The molecule has 5 heteroatoms. The molecule has 136 valence electrons. The zero-order valence-corrected chi connectivity index (χ0v) is 15.9. The second kappa shape index (κ2) is 8.41. The minimum atomic E-state index is 0.338. The summed E-state index contributed by atoms with van der Waals surface area (Å²) >= 11 is 6.20. The van der Waals surface area contributed by atoms with Crippen LogP contribution in [0.3, 0.4) is 0 Å². The fourth-order valence-electron chi connectivity index (χ4n) is 3.15. The number of rotatable bonds is 5. The highest BCUT2D eigenvalue weighted by molar-refractivity contribution is 6.32. The summed E-state index contributed by atoms with van der Waals surface area (Å²) in [6.45, 7) is 7.29. The Morgan fingerprint density at radius 1 is 1.12 bits per heavy atom. The van der Waals surface area contributed by atoms with Gasteiger partial charge in [0.15, 0.2) is 6.73 Å². The van der Waals surface area contributed by atoms with Crippen molar-refractivity contribution in [3.63, 3.8) is 0 Å². The summed E-state index contributed by atoms with van der Waals surface area (Å²) in [5.74, 6) is 2.85. The normalized spacial score (nSPS) is 15.0. The number of hydrogen-bond acceptors (Lipinski definition) is 4. The lowest BCUT2D eigenvalue weighted by atomic mass is 10.1. The maximum atomic E-state index is 11.4. The van der Waals surface area contributed by atoms with Crippen LogP contribution in [0.1, 0.15) is 16.7 Å². The van der Waals surface area contributed by atoms with E-state index in [0.29, 0.717) is 19.0 Å². The summed E-state index contributed by atoms with van der Waals surface area (Å²) in [6.07, 6.45) is 0. The lowest BCUT2D eigenvalue weighted by Gasteiger charge is -2.36. The molecule has 0 bridgehead atoms. The first-order valence-electron chi connectivity index (χ1n) is 8.71. The van der Waals surface area contributed by atoms with E-state index in [1.165, 1.54) is 5.56 Å². The molecular weight excluding hydrogens is 348 g/mol. The molecule has 1 saturated heterocycles. The average Bonchev–Trinajstić information content (AvgIpc) is 2.65. The van der Waals surface area contributed by atoms with Crippen molar-refractivity contribution in [3.8, 4) is 5.75 Å². The van der Waals surface area contributed by atoms with Gasteiger partial charge in [-0.15, -0.1) is 0 Å². The molecule has 1 heterocycles. The van der Waals surface area contributed by atoms with Gasteiger partial charge in [0, 0.05) is 31.2 Å². The van der Waals surface area contributed by atoms with E-state index in [1.807, 2.05) is 49.1 Å². The Hall–Kier alpha value is -2.26. The second-order valence-electron chi connectivity index (χ2n) is 6.65. The highest BCUT2D eigenvalue weighted by Gasteiger charge is 2.22. The summed E-state index contributed by atoms with van der Waals surface area (Å²) in [5, 5.41) is 0.764. The largest absolute Gasteiger partial charge is 0.473 e. The molecule has 0 spiro atoms. The monoisotopic (exact) mass is 370 g/mol. The first-order chi connectivity index (χ1) is 12.6. The standard InChI is InChI=1S/C21H23ClN2O2/c1-16-10-20(11-17(2)21(16)22)26-15-24-9-8-23(13-19(24)14-25)12-18-6-4-3-5-7-18/h3-7,10-11H,8-9,12-13,15H2,1-2H3. The van der Waals surface area contributed by atoms with Gasteiger partial charge in [0.1, 0.15) is 17.4 Å². The zero-order chi connectivity index (χ0) is 18.5. The molecule has 3 rings (SSSR count). The molecule has 0 N–H and O–H groups in total. The Morgan fingerprint density at radius 3 is 2.46 bits per heavy atom. The fourth-order valence-corrected chi connectivity index (χ4v) is 3.25. The van der Waals surface area contributed by atoms with Crippen molar-refractivity contribution in [1.82, 2.24) is 9.80 Å². The van der Waals surface area contributed by atoms with Gasteiger partial charge < -0.3 is 9.64 Å². The highest BCUT2D eigenvalue weighted by Crippen LogP contribution is 2.26. The molecule has 0 radical (unpaired) electrons. The quantitative estimate of drug-likeness (QED) is 0.749. The lowest BCUT2D eigenvalue weighted by molar-refractivity contribution is 0.101. The third-order valence-corrected chi connectivity index (χ3v) is 5.20. The van der Waals surface area contributed by atoms with E-state index < -0.39 is 0 Å². The SMILES string of the molecule is Cc1cc(OCN2CCN(Cc3ccccc3)CC2=C=O)cc(C)c1Cl. The maximum Gasteiger partial charge on any atom is 0.161 e. The van der Waals surface area contributed by atoms with E-state index in [1.54, 1.807) is 0 Å². The lowest BCUT2D eigenvalue weighted by Crippen LogP contribution is -2.45. The summed E-state index contributed by atoms with van der Waals surface area (Å²) in [5.41, 5.74) is 3.85. The van der Waals surface area contributed by atoms with Crippen molar-refractivity contribution in [2.24, 2.45) is 0 Å². The molecule has 0 amide bonds. The molecule has 0 unspecified atom stereocenters. The number of aryl methyl sites for hydroxylation is 2. The predicted octanol–water partition coefficient (Wildman–Crippen LogP) is 3.83. The van der Waals surface area contributed by atoms with Crippen LogP contribution in [0.4, 0.5) is 0 Å². The minimum Gasteiger partial charge on any atom is -0.473 e. The van der Waals surface area contributed by atoms with E-state index in [4.69, 9.17) is 16.3 Å². The number of ether oxygens (including phenoxy) is 1. The number of nitrogens with zero attached hydrogens (tertiary/aromatic N) is 2. The number of benzene rings is 2. The summed E-state index contributed by atoms with van der Waals surface area (Å²) < 4.78 is 5.90. The highest BCUT2D eigenvalue weighted by atomic mass is 35.5. The van der Waals surface area contributed by atoms with Crippen LogP contribution in [0.2, 0.25) is 5.02 Å². The van der Waals surface area contributed by atoms with E-state index in [-0.39, 0.29) is 0 Å². The Kier molecular flexibility index (Phi) is 6.00. The Bertz CT molecular complexity index is 793. The van der Waals surface area contributed by atoms with E-state index in [2.05, 4.69) is 23.0 Å². The van der Waals surface area contributed by atoms with Crippen molar-refractivity contribution >= 4 is 17.5 Å². The van der Waals surface area contributed by atoms with Crippen LogP contribution in [-0.4, -0.2) is 42.1 Å². The number of hydrogen-bond donors (Lipinski definition) is 0. The smallest absolute Gasteiger partial charge is 0.161 e. The third kappa shape index (κ3) is 4.47. The van der Waals surface area contributed by atoms with Crippen molar-refractivity contribution in [1.29, 1.82) is 0 Å². The van der Waals surface area contributed by atoms with Crippen molar-refractivity contribution in [2.45, 2.75) is 20.4 Å². The molecule has 0 atom stereocenters. The van der Waals surface area contributed by atoms with Crippen LogP contribution in [-0.2, 0) is 11.3 Å². The topological polar surface area (TPSA) is 32.8 Å². The maximum absolute atomic E-state index is 11.4. The molecule has 26 heavy (non-hydrogen) atoms. The Balaban J connectivity index is 1.59. The van der Waals surface area contributed by atoms with Crippen molar-refractivity contribution < 1.29 is 9.53 Å². The average molecular weight is 371 g/mol. The van der Waals surface area contributed by atoms with E-state index >= 15 is 0 Å².